The summed E-state index contributed by atoms with van der Waals surface area (Å²) in [4.78, 5) is 23.5. The van der Waals surface area contributed by atoms with Gasteiger partial charge in [-0.05, 0) is 25.3 Å². The summed E-state index contributed by atoms with van der Waals surface area (Å²) in [5, 5.41) is 0. The molecule has 0 aromatic carbocycles. The third-order valence-electron chi connectivity index (χ3n) is 5.37. The number of ether oxygens (including phenoxy) is 3. The highest BCUT2D eigenvalue weighted by molar-refractivity contribution is 5.94. The van der Waals surface area contributed by atoms with Gasteiger partial charge in [0.2, 0.25) is 0 Å². The summed E-state index contributed by atoms with van der Waals surface area (Å²) in [6.07, 6.45) is 2.00. The number of hydrogen-bond acceptors (Lipinski definition) is 5. The summed E-state index contributed by atoms with van der Waals surface area (Å²) in [6.45, 7) is 9.13. The van der Waals surface area contributed by atoms with Crippen molar-refractivity contribution in [3.63, 3.8) is 0 Å². The minimum absolute atomic E-state index is 0.324. The van der Waals surface area contributed by atoms with Crippen molar-refractivity contribution in [3.05, 3.63) is 35.3 Å². The van der Waals surface area contributed by atoms with Gasteiger partial charge in [-0.3, -0.25) is 4.79 Å². The molecule has 0 spiro atoms. The quantitative estimate of drug-likeness (QED) is 0.695. The molecule has 0 aromatic heterocycles. The van der Waals surface area contributed by atoms with Crippen LogP contribution in [-0.4, -0.2) is 24.1 Å². The summed E-state index contributed by atoms with van der Waals surface area (Å²) in [6, 6.07) is 0. The molecule has 2 aliphatic heterocycles. The molecule has 1 saturated carbocycles. The molecule has 0 amide bonds. The summed E-state index contributed by atoms with van der Waals surface area (Å²) in [5.74, 6) is 1.23. The molecule has 1 saturated heterocycles. The van der Waals surface area contributed by atoms with Gasteiger partial charge in [-0.25, -0.2) is 4.79 Å². The molecule has 0 unspecified atom stereocenters. The molecule has 116 valence electrons. The molecule has 2 fully saturated rings. The second-order valence-electron chi connectivity index (χ2n) is 6.79. The molecule has 0 aromatic rings. The fourth-order valence-corrected chi connectivity index (χ4v) is 4.12. The average Bonchev–Trinajstić information content (AvgIpc) is 3.17. The van der Waals surface area contributed by atoms with Crippen LogP contribution in [0.1, 0.15) is 27.2 Å². The Kier molecular flexibility index (Phi) is 2.49. The van der Waals surface area contributed by atoms with E-state index in [4.69, 9.17) is 14.2 Å². The zero-order valence-electron chi connectivity index (χ0n) is 12.8. The van der Waals surface area contributed by atoms with Crippen molar-refractivity contribution in [1.29, 1.82) is 0 Å². The number of carbonyl (C=O) groups is 2. The number of hydrogen-bond donors (Lipinski definition) is 0. The highest BCUT2D eigenvalue weighted by Crippen LogP contribution is 2.64. The molecule has 5 heteroatoms. The van der Waals surface area contributed by atoms with E-state index in [1.807, 2.05) is 6.08 Å². The Balaban J connectivity index is 1.87. The summed E-state index contributed by atoms with van der Waals surface area (Å²) >= 11 is 0. The Morgan fingerprint density at radius 1 is 1.50 bits per heavy atom. The van der Waals surface area contributed by atoms with Gasteiger partial charge in [0, 0.05) is 29.4 Å². The zero-order valence-corrected chi connectivity index (χ0v) is 12.8. The maximum atomic E-state index is 11.9. The highest BCUT2D eigenvalue weighted by Gasteiger charge is 2.65. The largest absolute Gasteiger partial charge is 0.490 e. The lowest BCUT2D eigenvalue weighted by Gasteiger charge is -2.46. The van der Waals surface area contributed by atoms with E-state index in [1.165, 1.54) is 6.92 Å². The van der Waals surface area contributed by atoms with E-state index >= 15 is 0 Å². The van der Waals surface area contributed by atoms with Gasteiger partial charge in [0.1, 0.15) is 11.9 Å². The van der Waals surface area contributed by atoms with Crippen LogP contribution in [0.5, 0.6) is 0 Å². The van der Waals surface area contributed by atoms with E-state index in [-0.39, 0.29) is 17.5 Å². The average molecular weight is 302 g/mol. The van der Waals surface area contributed by atoms with Crippen molar-refractivity contribution in [2.24, 2.45) is 17.3 Å². The van der Waals surface area contributed by atoms with Gasteiger partial charge < -0.3 is 14.2 Å². The Labute approximate surface area is 128 Å². The predicted octanol–water partition coefficient (Wildman–Crippen LogP) is 2.24. The fourth-order valence-electron chi connectivity index (χ4n) is 4.12. The standard InChI is InChI=1S/C17H18O5/c1-7-13-12(22-16(7)19)6-17(4)11-5-10(11)8(2)20-15(17)14(13)21-9(3)18/h6,10-11,14-15H,2,5H2,1,3-4H3/t10-,11-,14+,15-,17+/m1/s1. The van der Waals surface area contributed by atoms with Crippen molar-refractivity contribution in [2.75, 3.05) is 0 Å². The van der Waals surface area contributed by atoms with Crippen molar-refractivity contribution >= 4 is 11.9 Å². The highest BCUT2D eigenvalue weighted by atomic mass is 16.6. The number of rotatable bonds is 1. The second kappa shape index (κ2) is 4.03. The fraction of sp³-hybridized carbons (Fsp3) is 0.529. The Morgan fingerprint density at radius 2 is 2.23 bits per heavy atom. The maximum absolute atomic E-state index is 11.9. The normalized spacial score (nSPS) is 41.7. The van der Waals surface area contributed by atoms with Gasteiger partial charge in [0.15, 0.2) is 6.10 Å². The molecule has 2 heterocycles. The van der Waals surface area contributed by atoms with Crippen LogP contribution >= 0.6 is 0 Å². The first-order chi connectivity index (χ1) is 10.3. The van der Waals surface area contributed by atoms with E-state index < -0.39 is 12.1 Å². The van der Waals surface area contributed by atoms with E-state index in [0.717, 1.165) is 12.2 Å². The molecular formula is C17H18O5. The van der Waals surface area contributed by atoms with E-state index in [2.05, 4.69) is 13.5 Å². The first-order valence-corrected chi connectivity index (χ1v) is 7.51. The van der Waals surface area contributed by atoms with Gasteiger partial charge in [-0.1, -0.05) is 13.5 Å². The van der Waals surface area contributed by atoms with Gasteiger partial charge in [0.05, 0.1) is 5.76 Å². The molecule has 2 aliphatic carbocycles. The Morgan fingerprint density at radius 3 is 2.91 bits per heavy atom. The van der Waals surface area contributed by atoms with Crippen molar-refractivity contribution < 1.29 is 23.8 Å². The molecule has 0 N–H and O–H groups in total. The minimum Gasteiger partial charge on any atom is -0.490 e. The summed E-state index contributed by atoms with van der Waals surface area (Å²) in [5.41, 5.74) is 0.789. The summed E-state index contributed by atoms with van der Waals surface area (Å²) in [7, 11) is 0. The van der Waals surface area contributed by atoms with Gasteiger partial charge in [-0.15, -0.1) is 0 Å². The van der Waals surface area contributed by atoms with Crippen molar-refractivity contribution in [1.82, 2.24) is 0 Å². The van der Waals surface area contributed by atoms with Crippen LogP contribution in [0.25, 0.3) is 0 Å². The molecule has 0 radical (unpaired) electrons. The number of carbonyl (C=O) groups excluding carboxylic acids is 2. The molecule has 5 nitrogen and oxygen atoms in total. The van der Waals surface area contributed by atoms with Crippen LogP contribution in [0, 0.1) is 17.3 Å². The van der Waals surface area contributed by atoms with Crippen molar-refractivity contribution in [2.45, 2.75) is 39.4 Å². The van der Waals surface area contributed by atoms with Gasteiger partial charge >= 0.3 is 11.9 Å². The summed E-state index contributed by atoms with van der Waals surface area (Å²) < 4.78 is 16.9. The monoisotopic (exact) mass is 302 g/mol. The van der Waals surface area contributed by atoms with E-state index in [9.17, 15) is 9.59 Å². The molecule has 0 bridgehead atoms. The lowest BCUT2D eigenvalue weighted by Crippen LogP contribution is -2.51. The Bertz CT molecular complexity index is 685. The molecule has 5 atom stereocenters. The first kappa shape index (κ1) is 13.6. The minimum atomic E-state index is -0.632. The van der Waals surface area contributed by atoms with Crippen molar-refractivity contribution in [3.8, 4) is 0 Å². The van der Waals surface area contributed by atoms with Crippen LogP contribution in [0.2, 0.25) is 0 Å². The number of fused-ring (bicyclic) bond motifs is 4. The third kappa shape index (κ3) is 1.59. The molecular weight excluding hydrogens is 284 g/mol. The zero-order chi connectivity index (χ0) is 15.8. The van der Waals surface area contributed by atoms with Crippen LogP contribution in [0.4, 0.5) is 0 Å². The first-order valence-electron chi connectivity index (χ1n) is 7.51. The lowest BCUT2D eigenvalue weighted by atomic mass is 9.68. The smallest absolute Gasteiger partial charge is 0.339 e. The second-order valence-corrected chi connectivity index (χ2v) is 6.79. The lowest BCUT2D eigenvalue weighted by molar-refractivity contribution is -0.159. The van der Waals surface area contributed by atoms with Gasteiger partial charge in [-0.2, -0.15) is 0 Å². The van der Waals surface area contributed by atoms with E-state index in [1.54, 1.807) is 6.92 Å². The molecule has 4 aliphatic rings. The van der Waals surface area contributed by atoms with Crippen LogP contribution in [0.3, 0.4) is 0 Å². The third-order valence-corrected chi connectivity index (χ3v) is 5.37. The SMILES string of the molecule is C=C1O[C@@H]2[C@@H](OC(C)=O)C3=C(C)C(=O)OC3=C[C@@]2(C)[C@@H]2C[C@H]12. The molecule has 4 rings (SSSR count). The number of allylic oxidation sites excluding steroid dienone is 1. The maximum Gasteiger partial charge on any atom is 0.339 e. The van der Waals surface area contributed by atoms with Crippen LogP contribution in [0.15, 0.2) is 35.3 Å². The Hall–Kier alpha value is -2.04. The topological polar surface area (TPSA) is 61.8 Å². The number of esters is 2. The van der Waals surface area contributed by atoms with Crippen LogP contribution in [-0.2, 0) is 23.8 Å². The van der Waals surface area contributed by atoms with Crippen LogP contribution < -0.4 is 0 Å². The molecule has 22 heavy (non-hydrogen) atoms. The van der Waals surface area contributed by atoms with E-state index in [0.29, 0.717) is 28.7 Å². The van der Waals surface area contributed by atoms with Gasteiger partial charge in [0.25, 0.3) is 0 Å². The predicted molar refractivity (Wildman–Crippen MR) is 76.1 cm³/mol.